The van der Waals surface area contributed by atoms with Crippen LogP contribution in [0.5, 0.6) is 0 Å². The molecule has 1 aromatic carbocycles. The van der Waals surface area contributed by atoms with Crippen LogP contribution in [0.2, 0.25) is 0 Å². The molecule has 0 radical (unpaired) electrons. The SMILES string of the molecule is Cc1cc(C(Cl)c2ccc3[nH]c(=O)c(=O)[nH]c3c2)co1. The van der Waals surface area contributed by atoms with Gasteiger partial charge in [0.15, 0.2) is 0 Å². The zero-order valence-electron chi connectivity index (χ0n) is 10.6. The van der Waals surface area contributed by atoms with Gasteiger partial charge in [-0.25, -0.2) is 0 Å². The van der Waals surface area contributed by atoms with Crippen LogP contribution in [0.15, 0.2) is 44.5 Å². The number of rotatable bonds is 2. The molecule has 2 aromatic heterocycles. The number of H-pyrrole nitrogens is 2. The number of benzene rings is 1. The first-order chi connectivity index (χ1) is 9.54. The van der Waals surface area contributed by atoms with Crippen molar-refractivity contribution in [3.05, 3.63) is 68.1 Å². The van der Waals surface area contributed by atoms with Gasteiger partial charge in [-0.15, -0.1) is 11.6 Å². The molecular formula is C14H11ClN2O3. The van der Waals surface area contributed by atoms with E-state index in [1.165, 1.54) is 0 Å². The minimum Gasteiger partial charge on any atom is -0.469 e. The third-order valence-corrected chi connectivity index (χ3v) is 3.59. The predicted octanol–water partition coefficient (Wildman–Crippen LogP) is 2.45. The van der Waals surface area contributed by atoms with Gasteiger partial charge in [-0.1, -0.05) is 6.07 Å². The smallest absolute Gasteiger partial charge is 0.314 e. The summed E-state index contributed by atoms with van der Waals surface area (Å²) in [6.45, 7) is 1.84. The minimum atomic E-state index is -0.681. The van der Waals surface area contributed by atoms with Crippen molar-refractivity contribution < 1.29 is 4.42 Å². The second-order valence-electron chi connectivity index (χ2n) is 4.57. The van der Waals surface area contributed by atoms with Crippen molar-refractivity contribution >= 4 is 22.6 Å². The lowest BCUT2D eigenvalue weighted by Crippen LogP contribution is -2.28. The molecule has 0 bridgehead atoms. The van der Waals surface area contributed by atoms with E-state index in [9.17, 15) is 9.59 Å². The lowest BCUT2D eigenvalue weighted by molar-refractivity contribution is 0.532. The van der Waals surface area contributed by atoms with Gasteiger partial charge in [0.2, 0.25) is 0 Å². The molecule has 1 unspecified atom stereocenters. The molecule has 5 nitrogen and oxygen atoms in total. The highest BCUT2D eigenvalue weighted by Gasteiger charge is 2.14. The van der Waals surface area contributed by atoms with Crippen molar-refractivity contribution in [3.8, 4) is 0 Å². The van der Waals surface area contributed by atoms with Crippen LogP contribution < -0.4 is 11.1 Å². The van der Waals surface area contributed by atoms with Crippen molar-refractivity contribution in [3.63, 3.8) is 0 Å². The Morgan fingerprint density at radius 3 is 2.40 bits per heavy atom. The van der Waals surface area contributed by atoms with Gasteiger partial charge in [0.25, 0.3) is 0 Å². The van der Waals surface area contributed by atoms with Crippen LogP contribution in [-0.4, -0.2) is 9.97 Å². The van der Waals surface area contributed by atoms with E-state index in [2.05, 4.69) is 9.97 Å². The third kappa shape index (κ3) is 2.16. The number of aromatic nitrogens is 2. The first-order valence-electron chi connectivity index (χ1n) is 6.00. The van der Waals surface area contributed by atoms with E-state index >= 15 is 0 Å². The molecular weight excluding hydrogens is 280 g/mol. The summed E-state index contributed by atoms with van der Waals surface area (Å²) < 4.78 is 5.24. The minimum absolute atomic E-state index is 0.382. The average Bonchev–Trinajstić information content (AvgIpc) is 2.85. The second kappa shape index (κ2) is 4.68. The van der Waals surface area contributed by atoms with E-state index in [1.807, 2.05) is 13.0 Å². The van der Waals surface area contributed by atoms with Crippen LogP contribution in [-0.2, 0) is 0 Å². The van der Waals surface area contributed by atoms with E-state index in [0.29, 0.717) is 11.0 Å². The molecule has 20 heavy (non-hydrogen) atoms. The summed E-state index contributed by atoms with van der Waals surface area (Å²) >= 11 is 6.39. The Morgan fingerprint density at radius 1 is 1.05 bits per heavy atom. The van der Waals surface area contributed by atoms with Crippen molar-refractivity contribution in [1.82, 2.24) is 9.97 Å². The highest BCUT2D eigenvalue weighted by Crippen LogP contribution is 2.30. The standard InChI is InChI=1S/C14H11ClN2O3/c1-7-4-9(6-20-7)12(15)8-2-3-10-11(5-8)17-14(19)13(18)16-10/h2-6,12H,1H3,(H,16,18)(H,17,19). The van der Waals surface area contributed by atoms with Crippen molar-refractivity contribution in [1.29, 1.82) is 0 Å². The lowest BCUT2D eigenvalue weighted by Gasteiger charge is -2.08. The summed E-state index contributed by atoms with van der Waals surface area (Å²) in [6.07, 6.45) is 1.60. The van der Waals surface area contributed by atoms with Gasteiger partial charge in [0.1, 0.15) is 5.76 Å². The molecule has 3 rings (SSSR count). The predicted molar refractivity (Wildman–Crippen MR) is 76.3 cm³/mol. The number of aryl methyl sites for hydroxylation is 1. The maximum absolute atomic E-state index is 11.3. The maximum atomic E-state index is 11.3. The Balaban J connectivity index is 2.11. The second-order valence-corrected chi connectivity index (χ2v) is 5.00. The number of hydrogen-bond donors (Lipinski definition) is 2. The van der Waals surface area contributed by atoms with Crippen molar-refractivity contribution in [2.24, 2.45) is 0 Å². The summed E-state index contributed by atoms with van der Waals surface area (Å²) in [5.41, 5.74) is 1.40. The quantitative estimate of drug-likeness (QED) is 0.562. The first kappa shape index (κ1) is 12.7. The van der Waals surface area contributed by atoms with Gasteiger partial charge >= 0.3 is 11.1 Å². The molecule has 0 aliphatic carbocycles. The van der Waals surface area contributed by atoms with Crippen molar-refractivity contribution in [2.45, 2.75) is 12.3 Å². The number of halogens is 1. The number of fused-ring (bicyclic) bond motifs is 1. The van der Waals surface area contributed by atoms with Gasteiger partial charge in [-0.3, -0.25) is 9.59 Å². The molecule has 0 aliphatic rings. The molecule has 102 valence electrons. The fourth-order valence-corrected chi connectivity index (χ4v) is 2.33. The highest BCUT2D eigenvalue weighted by molar-refractivity contribution is 6.22. The Hall–Kier alpha value is -2.27. The molecule has 0 fully saturated rings. The average molecular weight is 291 g/mol. The van der Waals surface area contributed by atoms with E-state index in [0.717, 1.165) is 16.9 Å². The summed E-state index contributed by atoms with van der Waals surface area (Å²) in [6, 6.07) is 7.12. The van der Waals surface area contributed by atoms with E-state index in [-0.39, 0.29) is 5.38 Å². The summed E-state index contributed by atoms with van der Waals surface area (Å²) in [4.78, 5) is 27.6. The molecule has 0 saturated heterocycles. The number of furan rings is 1. The van der Waals surface area contributed by atoms with E-state index in [4.69, 9.17) is 16.0 Å². The van der Waals surface area contributed by atoms with Gasteiger partial charge in [-0.05, 0) is 30.7 Å². The van der Waals surface area contributed by atoms with E-state index in [1.54, 1.807) is 24.5 Å². The summed E-state index contributed by atoms with van der Waals surface area (Å²) in [5, 5.41) is -0.382. The molecule has 2 heterocycles. The number of aromatic amines is 2. The zero-order chi connectivity index (χ0) is 14.3. The fraction of sp³-hybridized carbons (Fsp3) is 0.143. The number of hydrogen-bond acceptors (Lipinski definition) is 3. The summed E-state index contributed by atoms with van der Waals surface area (Å²) in [5.74, 6) is 0.782. The third-order valence-electron chi connectivity index (χ3n) is 3.08. The molecule has 0 amide bonds. The van der Waals surface area contributed by atoms with Crippen LogP contribution in [0.25, 0.3) is 11.0 Å². The van der Waals surface area contributed by atoms with Gasteiger partial charge in [-0.2, -0.15) is 0 Å². The normalized spacial score (nSPS) is 12.7. The van der Waals surface area contributed by atoms with Crippen LogP contribution in [0.1, 0.15) is 22.3 Å². The lowest BCUT2D eigenvalue weighted by atomic mass is 10.1. The largest absolute Gasteiger partial charge is 0.469 e. The van der Waals surface area contributed by atoms with Crippen LogP contribution in [0.4, 0.5) is 0 Å². The fourth-order valence-electron chi connectivity index (χ4n) is 2.08. The highest BCUT2D eigenvalue weighted by atomic mass is 35.5. The Morgan fingerprint density at radius 2 is 1.75 bits per heavy atom. The zero-order valence-corrected chi connectivity index (χ0v) is 11.3. The van der Waals surface area contributed by atoms with Gasteiger partial charge in [0.05, 0.1) is 22.7 Å². The van der Waals surface area contributed by atoms with Gasteiger partial charge < -0.3 is 14.4 Å². The van der Waals surface area contributed by atoms with Crippen LogP contribution >= 0.6 is 11.6 Å². The Bertz CT molecular complexity index is 891. The molecule has 3 aromatic rings. The number of alkyl halides is 1. The van der Waals surface area contributed by atoms with Crippen molar-refractivity contribution in [2.75, 3.05) is 0 Å². The number of nitrogens with one attached hydrogen (secondary N) is 2. The molecule has 1 atom stereocenters. The van der Waals surface area contributed by atoms with E-state index < -0.39 is 11.1 Å². The first-order valence-corrected chi connectivity index (χ1v) is 6.43. The summed E-state index contributed by atoms with van der Waals surface area (Å²) in [7, 11) is 0. The maximum Gasteiger partial charge on any atom is 0.314 e. The molecule has 0 spiro atoms. The molecule has 0 aliphatic heterocycles. The topological polar surface area (TPSA) is 78.9 Å². The van der Waals surface area contributed by atoms with Gasteiger partial charge in [0, 0.05) is 5.56 Å². The molecule has 0 saturated carbocycles. The monoisotopic (exact) mass is 290 g/mol. The Labute approximate surface area is 118 Å². The molecule has 2 N–H and O–H groups in total. The Kier molecular flexibility index (Phi) is 2.99. The molecule has 6 heteroatoms. The van der Waals surface area contributed by atoms with Crippen LogP contribution in [0.3, 0.4) is 0 Å². The van der Waals surface area contributed by atoms with Crippen LogP contribution in [0, 0.1) is 6.92 Å².